The first-order valence-electron chi connectivity index (χ1n) is 7.47. The van der Waals surface area contributed by atoms with E-state index in [-0.39, 0.29) is 17.3 Å². The van der Waals surface area contributed by atoms with Gasteiger partial charge in [-0.15, -0.1) is 0 Å². The Kier molecular flexibility index (Phi) is 6.11. The molecule has 1 amide bonds. The Hall–Kier alpha value is -2.45. The van der Waals surface area contributed by atoms with Gasteiger partial charge in [-0.2, -0.15) is 0 Å². The lowest BCUT2D eigenvalue weighted by molar-refractivity contribution is -0.120. The van der Waals surface area contributed by atoms with Gasteiger partial charge in [-0.3, -0.25) is 4.79 Å². The van der Waals surface area contributed by atoms with E-state index < -0.39 is 22.5 Å². The third-order valence-electron chi connectivity index (χ3n) is 3.50. The number of hydrogen-bond acceptors (Lipinski definition) is 4. The number of aryl methyl sites for hydroxylation is 1. The summed E-state index contributed by atoms with van der Waals surface area (Å²) in [7, 11) is -2.31. The Morgan fingerprint density at radius 1 is 1.16 bits per heavy atom. The Balaban J connectivity index is 1.91. The Bertz CT molecular complexity index is 851. The first kappa shape index (κ1) is 18.9. The van der Waals surface area contributed by atoms with E-state index in [1.807, 2.05) is 0 Å². The highest BCUT2D eigenvalue weighted by Gasteiger charge is 2.16. The molecule has 2 aromatic rings. The van der Waals surface area contributed by atoms with E-state index in [1.54, 1.807) is 25.1 Å². The van der Waals surface area contributed by atoms with E-state index >= 15 is 0 Å². The van der Waals surface area contributed by atoms with Crippen molar-refractivity contribution in [1.82, 2.24) is 10.0 Å². The summed E-state index contributed by atoms with van der Waals surface area (Å²) in [5.74, 6) is -0.272. The molecule has 0 spiro atoms. The average Bonchev–Trinajstić information content (AvgIpc) is 2.59. The molecular formula is C17H19FN2O4S. The molecule has 25 heavy (non-hydrogen) atoms. The van der Waals surface area contributed by atoms with Crippen LogP contribution in [0.1, 0.15) is 11.1 Å². The minimum Gasteiger partial charge on any atom is -0.496 e. The van der Waals surface area contributed by atoms with Gasteiger partial charge in [0.15, 0.2) is 0 Å². The maximum absolute atomic E-state index is 12.8. The summed E-state index contributed by atoms with van der Waals surface area (Å²) in [6.07, 6.45) is 0. The number of amides is 1. The molecule has 0 fully saturated rings. The largest absolute Gasteiger partial charge is 0.496 e. The third kappa shape index (κ3) is 5.27. The van der Waals surface area contributed by atoms with Crippen molar-refractivity contribution in [2.24, 2.45) is 0 Å². The number of methoxy groups -OCH3 is 1. The fourth-order valence-electron chi connectivity index (χ4n) is 2.13. The molecule has 0 unspecified atom stereocenters. The van der Waals surface area contributed by atoms with Crippen LogP contribution in [0, 0.1) is 12.7 Å². The van der Waals surface area contributed by atoms with Crippen molar-refractivity contribution >= 4 is 15.9 Å². The number of nitrogens with one attached hydrogen (secondary N) is 2. The SMILES string of the molecule is COc1ccc(S(=O)(=O)NCC(=O)NCc2ccc(F)cc2)cc1C. The lowest BCUT2D eigenvalue weighted by atomic mass is 10.2. The highest BCUT2D eigenvalue weighted by Crippen LogP contribution is 2.21. The standard InChI is InChI=1S/C17H19FN2O4S/c1-12-9-15(7-8-16(12)24-2)25(22,23)20-11-17(21)19-10-13-3-5-14(18)6-4-13/h3-9,20H,10-11H2,1-2H3,(H,19,21). The molecule has 8 heteroatoms. The normalized spacial score (nSPS) is 11.2. The fraction of sp³-hybridized carbons (Fsp3) is 0.235. The molecule has 0 saturated heterocycles. The topological polar surface area (TPSA) is 84.5 Å². The van der Waals surface area contributed by atoms with Gasteiger partial charge in [-0.25, -0.2) is 17.5 Å². The first-order valence-corrected chi connectivity index (χ1v) is 8.95. The number of hydrogen-bond donors (Lipinski definition) is 2. The van der Waals surface area contributed by atoms with Gasteiger partial charge < -0.3 is 10.1 Å². The van der Waals surface area contributed by atoms with Gasteiger partial charge in [-0.05, 0) is 48.4 Å². The maximum Gasteiger partial charge on any atom is 0.241 e. The second-order valence-corrected chi connectivity index (χ2v) is 7.13. The smallest absolute Gasteiger partial charge is 0.241 e. The van der Waals surface area contributed by atoms with Crippen molar-refractivity contribution in [2.45, 2.75) is 18.4 Å². The zero-order valence-electron chi connectivity index (χ0n) is 13.9. The number of carbonyl (C=O) groups excluding carboxylic acids is 1. The average molecular weight is 366 g/mol. The molecule has 2 N–H and O–H groups in total. The van der Waals surface area contributed by atoms with Crippen LogP contribution in [-0.2, 0) is 21.4 Å². The van der Waals surface area contributed by atoms with Gasteiger partial charge in [0.05, 0.1) is 18.6 Å². The Morgan fingerprint density at radius 3 is 2.44 bits per heavy atom. The third-order valence-corrected chi connectivity index (χ3v) is 4.90. The summed E-state index contributed by atoms with van der Waals surface area (Å²) in [6.45, 7) is 1.52. The highest BCUT2D eigenvalue weighted by atomic mass is 32.2. The molecule has 0 aliphatic carbocycles. The molecule has 134 valence electrons. The van der Waals surface area contributed by atoms with E-state index in [4.69, 9.17) is 4.74 Å². The fourth-order valence-corrected chi connectivity index (χ4v) is 3.19. The van der Waals surface area contributed by atoms with Crippen molar-refractivity contribution in [3.63, 3.8) is 0 Å². The second-order valence-electron chi connectivity index (χ2n) is 5.36. The summed E-state index contributed by atoms with van der Waals surface area (Å²) in [5.41, 5.74) is 1.38. The summed E-state index contributed by atoms with van der Waals surface area (Å²) >= 11 is 0. The molecule has 0 radical (unpaired) electrons. The Morgan fingerprint density at radius 2 is 1.84 bits per heavy atom. The number of halogens is 1. The lowest BCUT2D eigenvalue weighted by Gasteiger charge is -2.10. The van der Waals surface area contributed by atoms with Crippen molar-refractivity contribution in [3.05, 3.63) is 59.4 Å². The molecule has 0 aliphatic heterocycles. The summed E-state index contributed by atoms with van der Waals surface area (Å²) in [6, 6.07) is 10.1. The number of sulfonamides is 1. The number of carbonyl (C=O) groups is 1. The van der Waals surface area contributed by atoms with E-state index in [9.17, 15) is 17.6 Å². The van der Waals surface area contributed by atoms with Gasteiger partial charge in [0.25, 0.3) is 0 Å². The number of rotatable bonds is 7. The van der Waals surface area contributed by atoms with Crippen molar-refractivity contribution in [3.8, 4) is 5.75 Å². The molecule has 0 aromatic heterocycles. The number of benzene rings is 2. The van der Waals surface area contributed by atoms with Crippen LogP contribution < -0.4 is 14.8 Å². The van der Waals surface area contributed by atoms with Crippen LogP contribution in [0.15, 0.2) is 47.4 Å². The van der Waals surface area contributed by atoms with Crippen LogP contribution in [0.3, 0.4) is 0 Å². The predicted octanol–water partition coefficient (Wildman–Crippen LogP) is 1.74. The monoisotopic (exact) mass is 366 g/mol. The zero-order chi connectivity index (χ0) is 18.4. The van der Waals surface area contributed by atoms with E-state index in [1.165, 1.54) is 31.4 Å². The summed E-state index contributed by atoms with van der Waals surface area (Å²) < 4.78 is 44.6. The molecular weight excluding hydrogens is 347 g/mol. The van der Waals surface area contributed by atoms with Crippen molar-refractivity contribution in [2.75, 3.05) is 13.7 Å². The minimum atomic E-state index is -3.81. The van der Waals surface area contributed by atoms with Crippen LogP contribution in [0.2, 0.25) is 0 Å². The molecule has 2 aromatic carbocycles. The van der Waals surface area contributed by atoms with Crippen LogP contribution in [-0.4, -0.2) is 28.0 Å². The van der Waals surface area contributed by atoms with Gasteiger partial charge in [0.2, 0.25) is 15.9 Å². The maximum atomic E-state index is 12.8. The predicted molar refractivity (Wildman–Crippen MR) is 91.2 cm³/mol. The molecule has 6 nitrogen and oxygen atoms in total. The molecule has 2 rings (SSSR count). The van der Waals surface area contributed by atoms with Gasteiger partial charge in [0, 0.05) is 6.54 Å². The highest BCUT2D eigenvalue weighted by molar-refractivity contribution is 7.89. The number of ether oxygens (including phenoxy) is 1. The molecule has 0 bridgehead atoms. The molecule has 0 saturated carbocycles. The second kappa shape index (κ2) is 8.09. The van der Waals surface area contributed by atoms with Gasteiger partial charge >= 0.3 is 0 Å². The molecule has 0 heterocycles. The van der Waals surface area contributed by atoms with E-state index in [0.29, 0.717) is 16.9 Å². The van der Waals surface area contributed by atoms with E-state index in [2.05, 4.69) is 10.0 Å². The molecule has 0 aliphatic rings. The van der Waals surface area contributed by atoms with Crippen molar-refractivity contribution in [1.29, 1.82) is 0 Å². The quantitative estimate of drug-likeness (QED) is 0.782. The van der Waals surface area contributed by atoms with Gasteiger partial charge in [-0.1, -0.05) is 12.1 Å². The van der Waals surface area contributed by atoms with E-state index in [0.717, 1.165) is 0 Å². The van der Waals surface area contributed by atoms with Crippen LogP contribution >= 0.6 is 0 Å². The van der Waals surface area contributed by atoms with Crippen LogP contribution in [0.4, 0.5) is 4.39 Å². The van der Waals surface area contributed by atoms with Crippen LogP contribution in [0.25, 0.3) is 0 Å². The zero-order valence-corrected chi connectivity index (χ0v) is 14.7. The summed E-state index contributed by atoms with van der Waals surface area (Å²) in [5, 5.41) is 2.56. The van der Waals surface area contributed by atoms with Gasteiger partial charge in [0.1, 0.15) is 11.6 Å². The Labute approximate surface area is 146 Å². The summed E-state index contributed by atoms with van der Waals surface area (Å²) in [4.78, 5) is 11.8. The minimum absolute atomic E-state index is 0.0529. The lowest BCUT2D eigenvalue weighted by Crippen LogP contribution is -2.36. The van der Waals surface area contributed by atoms with Crippen LogP contribution in [0.5, 0.6) is 5.75 Å². The molecule has 0 atom stereocenters. The van der Waals surface area contributed by atoms with Crippen molar-refractivity contribution < 1.29 is 22.3 Å². The first-order chi connectivity index (χ1) is 11.8.